The summed E-state index contributed by atoms with van der Waals surface area (Å²) in [6.45, 7) is 2.64. The molecule has 1 aliphatic carbocycles. The first kappa shape index (κ1) is 15.0. The highest BCUT2D eigenvalue weighted by molar-refractivity contribution is 7.91. The van der Waals surface area contributed by atoms with Crippen LogP contribution in [-0.2, 0) is 16.6 Å². The van der Waals surface area contributed by atoms with Crippen LogP contribution in [-0.4, -0.2) is 20.1 Å². The third-order valence-corrected chi connectivity index (χ3v) is 6.60. The van der Waals surface area contributed by atoms with Gasteiger partial charge in [0.2, 0.25) is 10.0 Å². The SMILES string of the molecule is CC1CCCC(CNS(=O)(=O)c2cc(CO)cs2)C1. The number of hydrogen-bond donors (Lipinski definition) is 2. The van der Waals surface area contributed by atoms with Crippen LogP contribution in [0.1, 0.15) is 38.2 Å². The fourth-order valence-electron chi connectivity index (χ4n) is 2.62. The molecule has 4 nitrogen and oxygen atoms in total. The second-order valence-corrected chi connectivity index (χ2v) is 8.33. The number of nitrogens with one attached hydrogen (secondary N) is 1. The molecule has 1 aromatic heterocycles. The molecule has 0 aromatic carbocycles. The monoisotopic (exact) mass is 303 g/mol. The molecule has 6 heteroatoms. The molecule has 1 aliphatic rings. The predicted octanol–water partition coefficient (Wildman–Crippen LogP) is 2.35. The molecule has 1 fully saturated rings. The molecule has 1 saturated carbocycles. The predicted molar refractivity (Wildman–Crippen MR) is 76.6 cm³/mol. The Balaban J connectivity index is 1.93. The summed E-state index contributed by atoms with van der Waals surface area (Å²) in [6.07, 6.45) is 4.67. The molecular formula is C13H21NO3S2. The standard InChI is InChI=1S/C13H21NO3S2/c1-10-3-2-4-11(5-10)7-14-19(16,17)13-6-12(8-15)9-18-13/h6,9-11,14-15H,2-5,7-8H2,1H3. The smallest absolute Gasteiger partial charge is 0.250 e. The van der Waals surface area contributed by atoms with E-state index in [1.54, 1.807) is 5.38 Å². The average molecular weight is 303 g/mol. The number of aliphatic hydroxyl groups is 1. The van der Waals surface area contributed by atoms with Gasteiger partial charge in [-0.25, -0.2) is 13.1 Å². The number of rotatable bonds is 5. The van der Waals surface area contributed by atoms with Crippen molar-refractivity contribution in [1.29, 1.82) is 0 Å². The van der Waals surface area contributed by atoms with Crippen molar-refractivity contribution in [2.45, 2.75) is 43.4 Å². The molecule has 19 heavy (non-hydrogen) atoms. The van der Waals surface area contributed by atoms with E-state index < -0.39 is 10.0 Å². The lowest BCUT2D eigenvalue weighted by atomic mass is 9.83. The van der Waals surface area contributed by atoms with Gasteiger partial charge in [-0.1, -0.05) is 19.8 Å². The summed E-state index contributed by atoms with van der Waals surface area (Å²) in [5.41, 5.74) is 0.650. The van der Waals surface area contributed by atoms with Crippen molar-refractivity contribution >= 4 is 21.4 Å². The zero-order valence-electron chi connectivity index (χ0n) is 11.1. The van der Waals surface area contributed by atoms with E-state index in [-0.39, 0.29) is 6.61 Å². The Labute approximate surface area is 118 Å². The molecule has 0 spiro atoms. The Hall–Kier alpha value is -0.430. The van der Waals surface area contributed by atoms with Crippen molar-refractivity contribution in [3.8, 4) is 0 Å². The second-order valence-electron chi connectivity index (χ2n) is 5.42. The summed E-state index contributed by atoms with van der Waals surface area (Å²) >= 11 is 1.16. The third-order valence-electron chi connectivity index (χ3n) is 3.68. The number of thiophene rings is 1. The van der Waals surface area contributed by atoms with Gasteiger partial charge in [0.15, 0.2) is 0 Å². The molecule has 0 radical (unpaired) electrons. The molecule has 1 heterocycles. The fraction of sp³-hybridized carbons (Fsp3) is 0.692. The van der Waals surface area contributed by atoms with E-state index in [1.807, 2.05) is 0 Å². The molecule has 0 amide bonds. The van der Waals surface area contributed by atoms with Gasteiger partial charge < -0.3 is 5.11 Å². The van der Waals surface area contributed by atoms with Gasteiger partial charge in [0.1, 0.15) is 4.21 Å². The normalized spacial score (nSPS) is 24.5. The van der Waals surface area contributed by atoms with E-state index in [1.165, 1.54) is 18.9 Å². The van der Waals surface area contributed by atoms with Crippen molar-refractivity contribution in [1.82, 2.24) is 4.72 Å². The summed E-state index contributed by atoms with van der Waals surface area (Å²) in [7, 11) is -3.41. The summed E-state index contributed by atoms with van der Waals surface area (Å²) in [4.78, 5) is 0. The van der Waals surface area contributed by atoms with Crippen LogP contribution in [0.2, 0.25) is 0 Å². The quantitative estimate of drug-likeness (QED) is 0.877. The first-order valence-electron chi connectivity index (χ1n) is 6.69. The topological polar surface area (TPSA) is 66.4 Å². The lowest BCUT2D eigenvalue weighted by Crippen LogP contribution is -2.31. The van der Waals surface area contributed by atoms with Crippen LogP contribution in [0.5, 0.6) is 0 Å². The molecular weight excluding hydrogens is 282 g/mol. The lowest BCUT2D eigenvalue weighted by molar-refractivity contribution is 0.282. The van der Waals surface area contributed by atoms with Gasteiger partial charge in [0.25, 0.3) is 0 Å². The second kappa shape index (κ2) is 6.35. The van der Waals surface area contributed by atoms with Crippen LogP contribution in [0, 0.1) is 11.8 Å². The van der Waals surface area contributed by atoms with E-state index in [0.29, 0.717) is 28.2 Å². The van der Waals surface area contributed by atoms with Crippen molar-refractivity contribution in [3.05, 3.63) is 17.0 Å². The molecule has 0 bridgehead atoms. The first-order chi connectivity index (χ1) is 9.01. The molecule has 2 rings (SSSR count). The van der Waals surface area contributed by atoms with Crippen molar-refractivity contribution < 1.29 is 13.5 Å². The van der Waals surface area contributed by atoms with Crippen LogP contribution < -0.4 is 4.72 Å². The van der Waals surface area contributed by atoms with Gasteiger partial charge in [-0.2, -0.15) is 0 Å². The summed E-state index contributed by atoms with van der Waals surface area (Å²) in [5, 5.41) is 10.6. The molecule has 2 N–H and O–H groups in total. The third kappa shape index (κ3) is 4.02. The van der Waals surface area contributed by atoms with E-state index in [4.69, 9.17) is 5.11 Å². The van der Waals surface area contributed by atoms with E-state index in [9.17, 15) is 8.42 Å². The Kier molecular flexibility index (Phi) is 5.00. The summed E-state index contributed by atoms with van der Waals surface area (Å²) in [5.74, 6) is 1.15. The van der Waals surface area contributed by atoms with Crippen molar-refractivity contribution in [2.24, 2.45) is 11.8 Å². The first-order valence-corrected chi connectivity index (χ1v) is 9.05. The van der Waals surface area contributed by atoms with E-state index >= 15 is 0 Å². The fourth-order valence-corrected chi connectivity index (χ4v) is 4.98. The Morgan fingerprint density at radius 1 is 1.47 bits per heavy atom. The van der Waals surface area contributed by atoms with E-state index in [0.717, 1.165) is 24.2 Å². The van der Waals surface area contributed by atoms with Gasteiger partial charge >= 0.3 is 0 Å². The molecule has 0 saturated heterocycles. The maximum atomic E-state index is 12.1. The largest absolute Gasteiger partial charge is 0.392 e. The molecule has 0 aliphatic heterocycles. The average Bonchev–Trinajstić information content (AvgIpc) is 2.86. The highest BCUT2D eigenvalue weighted by Crippen LogP contribution is 2.28. The maximum absolute atomic E-state index is 12.1. The van der Waals surface area contributed by atoms with Gasteiger partial charge in [0, 0.05) is 6.54 Å². The highest BCUT2D eigenvalue weighted by Gasteiger charge is 2.22. The van der Waals surface area contributed by atoms with E-state index in [2.05, 4.69) is 11.6 Å². The maximum Gasteiger partial charge on any atom is 0.250 e. The molecule has 2 unspecified atom stereocenters. The van der Waals surface area contributed by atoms with Gasteiger partial charge in [0.05, 0.1) is 6.61 Å². The molecule has 2 atom stereocenters. The van der Waals surface area contributed by atoms with Gasteiger partial charge in [-0.15, -0.1) is 11.3 Å². The Bertz CT molecular complexity index is 510. The molecule has 1 aromatic rings. The number of hydrogen-bond acceptors (Lipinski definition) is 4. The number of sulfonamides is 1. The number of aliphatic hydroxyl groups excluding tert-OH is 1. The van der Waals surface area contributed by atoms with Gasteiger partial charge in [-0.3, -0.25) is 0 Å². The molecule has 108 valence electrons. The minimum atomic E-state index is -3.41. The van der Waals surface area contributed by atoms with Crippen molar-refractivity contribution in [3.63, 3.8) is 0 Å². The minimum absolute atomic E-state index is 0.119. The van der Waals surface area contributed by atoms with Crippen LogP contribution in [0.15, 0.2) is 15.7 Å². The van der Waals surface area contributed by atoms with Crippen molar-refractivity contribution in [2.75, 3.05) is 6.54 Å². The van der Waals surface area contributed by atoms with Crippen LogP contribution in [0.25, 0.3) is 0 Å². The summed E-state index contributed by atoms with van der Waals surface area (Å²) < 4.78 is 27.2. The Morgan fingerprint density at radius 3 is 2.89 bits per heavy atom. The van der Waals surface area contributed by atoms with Gasteiger partial charge in [-0.05, 0) is 41.7 Å². The highest BCUT2D eigenvalue weighted by atomic mass is 32.2. The van der Waals surface area contributed by atoms with Crippen LogP contribution in [0.3, 0.4) is 0 Å². The van der Waals surface area contributed by atoms with Crippen LogP contribution in [0.4, 0.5) is 0 Å². The zero-order valence-corrected chi connectivity index (χ0v) is 12.8. The Morgan fingerprint density at radius 2 is 2.26 bits per heavy atom. The zero-order chi connectivity index (χ0) is 13.9. The van der Waals surface area contributed by atoms with Crippen LogP contribution >= 0.6 is 11.3 Å². The lowest BCUT2D eigenvalue weighted by Gasteiger charge is -2.26. The summed E-state index contributed by atoms with van der Waals surface area (Å²) in [6, 6.07) is 1.54. The minimum Gasteiger partial charge on any atom is -0.392 e.